The number of benzene rings is 2. The molecule has 0 fully saturated rings. The van der Waals surface area contributed by atoms with E-state index in [2.05, 4.69) is 5.32 Å². The van der Waals surface area contributed by atoms with Gasteiger partial charge >= 0.3 is 0 Å². The van der Waals surface area contributed by atoms with Gasteiger partial charge in [0.05, 0.1) is 17.0 Å². The molecular formula is C25H33Cl2N3O4S. The van der Waals surface area contributed by atoms with Crippen molar-refractivity contribution in [2.24, 2.45) is 5.92 Å². The molecule has 1 unspecified atom stereocenters. The summed E-state index contributed by atoms with van der Waals surface area (Å²) in [6.07, 6.45) is 1.35. The number of hydrogen-bond donors (Lipinski definition) is 1. The molecule has 7 nitrogen and oxygen atoms in total. The fourth-order valence-corrected chi connectivity index (χ4v) is 4.91. The second kappa shape index (κ2) is 12.6. The SMILES string of the molecule is CCC(C(=O)NCC(C)C)N(Cc1cccc(C)c1)C(=O)CN(c1cc(Cl)ccc1Cl)S(C)(=O)=O. The number of halogens is 2. The Kier molecular flexibility index (Phi) is 10.4. The van der Waals surface area contributed by atoms with Crippen LogP contribution in [0.3, 0.4) is 0 Å². The van der Waals surface area contributed by atoms with Crippen LogP contribution in [0.25, 0.3) is 0 Å². The summed E-state index contributed by atoms with van der Waals surface area (Å²) >= 11 is 12.3. The first-order chi connectivity index (χ1) is 16.3. The van der Waals surface area contributed by atoms with Crippen LogP contribution in [0.5, 0.6) is 0 Å². The van der Waals surface area contributed by atoms with Crippen LogP contribution in [0, 0.1) is 12.8 Å². The molecule has 0 spiro atoms. The molecular weight excluding hydrogens is 509 g/mol. The average Bonchev–Trinajstić information content (AvgIpc) is 2.76. The highest BCUT2D eigenvalue weighted by atomic mass is 35.5. The number of carbonyl (C=O) groups excluding carboxylic acids is 2. The molecule has 0 aliphatic heterocycles. The van der Waals surface area contributed by atoms with E-state index in [9.17, 15) is 18.0 Å². The largest absolute Gasteiger partial charge is 0.354 e. The van der Waals surface area contributed by atoms with Crippen LogP contribution < -0.4 is 9.62 Å². The third-order valence-electron chi connectivity index (χ3n) is 5.36. The molecule has 1 atom stereocenters. The Bertz CT molecular complexity index is 1160. The number of hydrogen-bond acceptors (Lipinski definition) is 4. The average molecular weight is 543 g/mol. The van der Waals surface area contributed by atoms with Gasteiger partial charge in [0.25, 0.3) is 0 Å². The first-order valence-corrected chi connectivity index (χ1v) is 14.0. The van der Waals surface area contributed by atoms with Crippen LogP contribution in [0.1, 0.15) is 38.3 Å². The molecule has 1 N–H and O–H groups in total. The number of carbonyl (C=O) groups is 2. The lowest BCUT2D eigenvalue weighted by Gasteiger charge is -2.33. The number of aryl methyl sites for hydroxylation is 1. The number of amides is 2. The third-order valence-corrected chi connectivity index (χ3v) is 7.04. The normalized spacial score (nSPS) is 12.3. The van der Waals surface area contributed by atoms with Crippen molar-refractivity contribution in [2.45, 2.75) is 46.7 Å². The van der Waals surface area contributed by atoms with Crippen molar-refractivity contribution in [3.63, 3.8) is 0 Å². The van der Waals surface area contributed by atoms with Gasteiger partial charge in [-0.25, -0.2) is 8.42 Å². The van der Waals surface area contributed by atoms with Crippen LogP contribution in [-0.4, -0.2) is 50.5 Å². The molecule has 0 aliphatic carbocycles. The van der Waals surface area contributed by atoms with Gasteiger partial charge in [0.1, 0.15) is 12.6 Å². The zero-order valence-electron chi connectivity index (χ0n) is 20.7. The van der Waals surface area contributed by atoms with Gasteiger partial charge in [-0.3, -0.25) is 13.9 Å². The van der Waals surface area contributed by atoms with E-state index < -0.39 is 28.5 Å². The quantitative estimate of drug-likeness (QED) is 0.448. The lowest BCUT2D eigenvalue weighted by atomic mass is 10.1. The molecule has 192 valence electrons. The van der Waals surface area contributed by atoms with Gasteiger partial charge < -0.3 is 10.2 Å². The Morgan fingerprint density at radius 2 is 1.77 bits per heavy atom. The highest BCUT2D eigenvalue weighted by molar-refractivity contribution is 7.92. The topological polar surface area (TPSA) is 86.8 Å². The van der Waals surface area contributed by atoms with Gasteiger partial charge in [-0.15, -0.1) is 0 Å². The predicted molar refractivity (Wildman–Crippen MR) is 142 cm³/mol. The highest BCUT2D eigenvalue weighted by Crippen LogP contribution is 2.31. The minimum absolute atomic E-state index is 0.0998. The fraction of sp³-hybridized carbons (Fsp3) is 0.440. The summed E-state index contributed by atoms with van der Waals surface area (Å²) in [5.74, 6) is -0.573. The minimum Gasteiger partial charge on any atom is -0.354 e. The van der Waals surface area contributed by atoms with Gasteiger partial charge in [-0.05, 0) is 43.0 Å². The van der Waals surface area contributed by atoms with Gasteiger partial charge in [0, 0.05) is 18.1 Å². The van der Waals surface area contributed by atoms with E-state index in [1.807, 2.05) is 52.0 Å². The maximum atomic E-state index is 13.7. The molecule has 2 aromatic carbocycles. The number of sulfonamides is 1. The maximum Gasteiger partial charge on any atom is 0.244 e. The molecule has 2 rings (SSSR count). The van der Waals surface area contributed by atoms with Crippen molar-refractivity contribution in [2.75, 3.05) is 23.7 Å². The zero-order chi connectivity index (χ0) is 26.3. The van der Waals surface area contributed by atoms with Crippen molar-refractivity contribution in [1.82, 2.24) is 10.2 Å². The third kappa shape index (κ3) is 8.40. The first kappa shape index (κ1) is 28.9. The van der Waals surface area contributed by atoms with Gasteiger partial charge in [-0.1, -0.05) is 73.8 Å². The monoisotopic (exact) mass is 541 g/mol. The number of nitrogens with one attached hydrogen (secondary N) is 1. The van der Waals surface area contributed by atoms with E-state index in [1.54, 1.807) is 0 Å². The van der Waals surface area contributed by atoms with Crippen molar-refractivity contribution < 1.29 is 18.0 Å². The molecule has 0 bridgehead atoms. The number of rotatable bonds is 11. The van der Waals surface area contributed by atoms with Crippen LogP contribution in [0.15, 0.2) is 42.5 Å². The summed E-state index contributed by atoms with van der Waals surface area (Å²) in [6, 6.07) is 11.2. The second-order valence-corrected chi connectivity index (χ2v) is 11.7. The lowest BCUT2D eigenvalue weighted by Crippen LogP contribution is -2.52. The summed E-state index contributed by atoms with van der Waals surface area (Å²) in [5, 5.41) is 3.31. The van der Waals surface area contributed by atoms with Crippen LogP contribution in [0.2, 0.25) is 10.0 Å². The van der Waals surface area contributed by atoms with Crippen molar-refractivity contribution in [3.05, 3.63) is 63.6 Å². The summed E-state index contributed by atoms with van der Waals surface area (Å²) in [5.41, 5.74) is 1.94. The van der Waals surface area contributed by atoms with E-state index >= 15 is 0 Å². The van der Waals surface area contributed by atoms with Gasteiger partial charge in [0.15, 0.2) is 0 Å². The molecule has 35 heavy (non-hydrogen) atoms. The Hall–Kier alpha value is -2.29. The van der Waals surface area contributed by atoms with Gasteiger partial charge in [0.2, 0.25) is 21.8 Å². The maximum absolute atomic E-state index is 13.7. The molecule has 2 aromatic rings. The van der Waals surface area contributed by atoms with E-state index in [1.165, 1.54) is 23.1 Å². The Balaban J connectivity index is 2.47. The zero-order valence-corrected chi connectivity index (χ0v) is 23.0. The Morgan fingerprint density at radius 3 is 2.34 bits per heavy atom. The van der Waals surface area contributed by atoms with Crippen LogP contribution in [-0.2, 0) is 26.2 Å². The van der Waals surface area contributed by atoms with E-state index in [0.29, 0.717) is 13.0 Å². The minimum atomic E-state index is -3.90. The van der Waals surface area contributed by atoms with E-state index in [-0.39, 0.29) is 34.1 Å². The van der Waals surface area contributed by atoms with Crippen LogP contribution in [0.4, 0.5) is 5.69 Å². The van der Waals surface area contributed by atoms with Crippen molar-refractivity contribution in [1.29, 1.82) is 0 Å². The Labute approximate surface area is 218 Å². The molecule has 0 aliphatic rings. The molecule has 2 amide bonds. The van der Waals surface area contributed by atoms with Crippen molar-refractivity contribution in [3.8, 4) is 0 Å². The summed E-state index contributed by atoms with van der Waals surface area (Å²) in [4.78, 5) is 28.2. The molecule has 0 radical (unpaired) electrons. The van der Waals surface area contributed by atoms with E-state index in [0.717, 1.165) is 21.7 Å². The Morgan fingerprint density at radius 1 is 1.09 bits per heavy atom. The van der Waals surface area contributed by atoms with Crippen molar-refractivity contribution >= 4 is 50.7 Å². The number of anilines is 1. The van der Waals surface area contributed by atoms with Gasteiger partial charge in [-0.2, -0.15) is 0 Å². The predicted octanol–water partition coefficient (Wildman–Crippen LogP) is 4.65. The molecule has 0 saturated carbocycles. The molecule has 10 heteroatoms. The summed E-state index contributed by atoms with van der Waals surface area (Å²) in [6.45, 7) is 7.81. The standard InChI is InChI=1S/C25H33Cl2N3O4S/c1-6-22(25(32)28-14-17(2)3)29(15-19-9-7-8-18(4)12-19)24(31)16-30(35(5,33)34)23-13-20(26)10-11-21(23)27/h7-13,17,22H,6,14-16H2,1-5H3,(H,28,32). The summed E-state index contributed by atoms with van der Waals surface area (Å²) < 4.78 is 26.3. The summed E-state index contributed by atoms with van der Waals surface area (Å²) in [7, 11) is -3.90. The second-order valence-electron chi connectivity index (χ2n) is 8.94. The molecule has 0 saturated heterocycles. The molecule has 0 heterocycles. The first-order valence-electron chi connectivity index (χ1n) is 11.4. The fourth-order valence-electron chi connectivity index (χ4n) is 3.62. The van der Waals surface area contributed by atoms with E-state index in [4.69, 9.17) is 23.2 Å². The smallest absolute Gasteiger partial charge is 0.244 e. The van der Waals surface area contributed by atoms with Crippen LogP contribution >= 0.6 is 23.2 Å². The number of nitrogens with zero attached hydrogens (tertiary/aromatic N) is 2. The lowest BCUT2D eigenvalue weighted by molar-refractivity contribution is -0.140. The molecule has 0 aromatic heterocycles. The highest BCUT2D eigenvalue weighted by Gasteiger charge is 2.32.